The highest BCUT2D eigenvalue weighted by Gasteiger charge is 2.37. The predicted molar refractivity (Wildman–Crippen MR) is 118 cm³/mol. The number of aromatic nitrogens is 2. The summed E-state index contributed by atoms with van der Waals surface area (Å²) in [6, 6.07) is 18.9. The van der Waals surface area contributed by atoms with E-state index < -0.39 is 0 Å². The third-order valence-corrected chi connectivity index (χ3v) is 6.28. The van der Waals surface area contributed by atoms with Crippen LogP contribution in [0.1, 0.15) is 11.7 Å². The van der Waals surface area contributed by atoms with Crippen LogP contribution in [0.25, 0.3) is 11.0 Å². The number of hydrazine groups is 1. The summed E-state index contributed by atoms with van der Waals surface area (Å²) in [7, 11) is 2.18. The fourth-order valence-corrected chi connectivity index (χ4v) is 4.58. The number of nitrogens with one attached hydrogen (secondary N) is 1. The van der Waals surface area contributed by atoms with Gasteiger partial charge >= 0.3 is 0 Å². The van der Waals surface area contributed by atoms with Gasteiger partial charge in [0.2, 0.25) is 11.9 Å². The summed E-state index contributed by atoms with van der Waals surface area (Å²) < 4.78 is 2.30. The molecule has 1 saturated heterocycles. The van der Waals surface area contributed by atoms with Crippen molar-refractivity contribution in [2.24, 2.45) is 4.99 Å². The summed E-state index contributed by atoms with van der Waals surface area (Å²) >= 11 is 0. The third-order valence-electron chi connectivity index (χ3n) is 6.28. The number of aliphatic imine (C=N–C) groups is 1. The minimum atomic E-state index is -0.0289. The number of benzene rings is 2. The van der Waals surface area contributed by atoms with E-state index in [0.717, 1.165) is 55.8 Å². The van der Waals surface area contributed by atoms with Crippen molar-refractivity contribution in [1.82, 2.24) is 29.8 Å². The Bertz CT molecular complexity index is 1080. The fourth-order valence-electron chi connectivity index (χ4n) is 4.58. The van der Waals surface area contributed by atoms with Gasteiger partial charge in [-0.25, -0.2) is 20.0 Å². The first kappa shape index (κ1) is 17.9. The van der Waals surface area contributed by atoms with Crippen molar-refractivity contribution in [1.29, 1.82) is 0 Å². The van der Waals surface area contributed by atoms with Crippen molar-refractivity contribution in [3.63, 3.8) is 0 Å². The van der Waals surface area contributed by atoms with E-state index in [2.05, 4.69) is 85.3 Å². The highest BCUT2D eigenvalue weighted by molar-refractivity contribution is 5.98. The molecule has 6 rings (SSSR count). The van der Waals surface area contributed by atoms with E-state index >= 15 is 0 Å². The average molecular weight is 403 g/mol. The minimum absolute atomic E-state index is 0.0289. The molecule has 1 N–H and O–H groups in total. The SMILES string of the molecule is CN1CCN(N2CN=C3NC(c4ccccc4)n4c(nc5ccccc54)N3C2)CC1. The van der Waals surface area contributed by atoms with Crippen molar-refractivity contribution in [3.8, 4) is 0 Å². The number of para-hydroxylation sites is 2. The normalized spacial score (nSPS) is 23.0. The average Bonchev–Trinajstić information content (AvgIpc) is 3.19. The fraction of sp³-hybridized carbons (Fsp3) is 0.364. The number of piperazine rings is 1. The molecule has 0 amide bonds. The quantitative estimate of drug-likeness (QED) is 0.705. The molecule has 1 unspecified atom stereocenters. The van der Waals surface area contributed by atoms with Gasteiger partial charge in [-0.1, -0.05) is 42.5 Å². The molecule has 30 heavy (non-hydrogen) atoms. The monoisotopic (exact) mass is 402 g/mol. The molecule has 1 fully saturated rings. The number of nitrogens with zero attached hydrogens (tertiary/aromatic N) is 7. The Morgan fingerprint density at radius 1 is 0.900 bits per heavy atom. The molecule has 0 bridgehead atoms. The lowest BCUT2D eigenvalue weighted by Crippen LogP contribution is -2.62. The molecule has 1 aromatic heterocycles. The predicted octanol–water partition coefficient (Wildman–Crippen LogP) is 1.74. The van der Waals surface area contributed by atoms with Gasteiger partial charge in [0.1, 0.15) is 12.8 Å². The van der Waals surface area contributed by atoms with Gasteiger partial charge in [0.25, 0.3) is 0 Å². The zero-order chi connectivity index (χ0) is 20.1. The van der Waals surface area contributed by atoms with E-state index in [4.69, 9.17) is 9.98 Å². The number of anilines is 1. The second kappa shape index (κ2) is 7.09. The van der Waals surface area contributed by atoms with Gasteiger partial charge in [0.15, 0.2) is 0 Å². The maximum absolute atomic E-state index is 5.02. The first-order chi connectivity index (χ1) is 14.8. The maximum Gasteiger partial charge on any atom is 0.216 e. The molecular formula is C22H26N8. The van der Waals surface area contributed by atoms with Gasteiger partial charge in [-0.15, -0.1) is 0 Å². The van der Waals surface area contributed by atoms with E-state index in [9.17, 15) is 0 Å². The van der Waals surface area contributed by atoms with Crippen molar-refractivity contribution in [2.45, 2.75) is 6.17 Å². The Labute approximate surface area is 176 Å². The number of imidazole rings is 1. The number of hydrogen-bond acceptors (Lipinski definition) is 7. The molecule has 8 heteroatoms. The molecule has 154 valence electrons. The van der Waals surface area contributed by atoms with Gasteiger partial charge in [-0.3, -0.25) is 9.47 Å². The van der Waals surface area contributed by atoms with Gasteiger partial charge < -0.3 is 10.2 Å². The molecule has 0 spiro atoms. The number of hydrogen-bond donors (Lipinski definition) is 1. The van der Waals surface area contributed by atoms with E-state index in [1.807, 2.05) is 6.07 Å². The van der Waals surface area contributed by atoms with Crippen LogP contribution in [-0.2, 0) is 0 Å². The molecule has 1 atom stereocenters. The van der Waals surface area contributed by atoms with Crippen molar-refractivity contribution < 1.29 is 0 Å². The van der Waals surface area contributed by atoms with Crippen LogP contribution in [-0.4, -0.2) is 77.0 Å². The van der Waals surface area contributed by atoms with Crippen LogP contribution < -0.4 is 10.2 Å². The first-order valence-electron chi connectivity index (χ1n) is 10.6. The van der Waals surface area contributed by atoms with E-state index in [-0.39, 0.29) is 6.17 Å². The Morgan fingerprint density at radius 3 is 2.50 bits per heavy atom. The van der Waals surface area contributed by atoms with E-state index in [1.165, 1.54) is 5.56 Å². The summed E-state index contributed by atoms with van der Waals surface area (Å²) in [5.74, 6) is 1.85. The summed E-state index contributed by atoms with van der Waals surface area (Å²) in [6.07, 6.45) is -0.0289. The second-order valence-corrected chi connectivity index (χ2v) is 8.18. The molecule has 3 aromatic rings. The molecule has 0 radical (unpaired) electrons. The zero-order valence-electron chi connectivity index (χ0n) is 17.1. The number of likely N-dealkylation sites (N-methyl/N-ethyl adjacent to an activating group) is 1. The summed E-state index contributed by atoms with van der Waals surface area (Å²) in [5, 5.41) is 8.45. The molecule has 4 heterocycles. The Balaban J connectivity index is 1.41. The molecule has 0 aliphatic carbocycles. The summed E-state index contributed by atoms with van der Waals surface area (Å²) in [6.45, 7) is 5.65. The largest absolute Gasteiger partial charge is 0.331 e. The van der Waals surface area contributed by atoms with E-state index in [0.29, 0.717) is 6.67 Å². The third kappa shape index (κ3) is 2.87. The number of fused-ring (bicyclic) bond motifs is 5. The highest BCUT2D eigenvalue weighted by Crippen LogP contribution is 2.33. The molecule has 3 aliphatic rings. The van der Waals surface area contributed by atoms with Gasteiger partial charge in [0.05, 0.1) is 17.7 Å². The summed E-state index contributed by atoms with van der Waals surface area (Å²) in [5.41, 5.74) is 3.34. The lowest BCUT2D eigenvalue weighted by molar-refractivity contribution is -0.0528. The minimum Gasteiger partial charge on any atom is -0.331 e. The van der Waals surface area contributed by atoms with Crippen molar-refractivity contribution >= 4 is 22.9 Å². The van der Waals surface area contributed by atoms with Crippen LogP contribution in [0.3, 0.4) is 0 Å². The van der Waals surface area contributed by atoms with Crippen LogP contribution in [0, 0.1) is 0 Å². The second-order valence-electron chi connectivity index (χ2n) is 8.18. The van der Waals surface area contributed by atoms with E-state index in [1.54, 1.807) is 0 Å². The molecular weight excluding hydrogens is 376 g/mol. The topological polar surface area (TPSA) is 55.2 Å². The zero-order valence-corrected chi connectivity index (χ0v) is 17.1. The highest BCUT2D eigenvalue weighted by atomic mass is 15.7. The Hall–Kier alpha value is -2.94. The van der Waals surface area contributed by atoms with Crippen molar-refractivity contribution in [2.75, 3.05) is 51.5 Å². The molecule has 2 aromatic carbocycles. The lowest BCUT2D eigenvalue weighted by atomic mass is 10.1. The molecule has 8 nitrogen and oxygen atoms in total. The smallest absolute Gasteiger partial charge is 0.216 e. The summed E-state index contributed by atoms with van der Waals surface area (Å²) in [4.78, 5) is 14.5. The van der Waals surface area contributed by atoms with Gasteiger partial charge in [0, 0.05) is 26.2 Å². The van der Waals surface area contributed by atoms with Crippen LogP contribution >= 0.6 is 0 Å². The maximum atomic E-state index is 5.02. The number of guanidine groups is 1. The first-order valence-corrected chi connectivity index (χ1v) is 10.6. The molecule has 0 saturated carbocycles. The lowest BCUT2D eigenvalue weighted by Gasteiger charge is -2.46. The standard InChI is InChI=1S/C22H26N8/c1-26-11-13-27(14-12-26)28-15-23-21-25-20(17-7-3-2-4-8-17)30-19-10-6-5-9-18(19)24-22(30)29(21)16-28/h2-10,20H,11-16H2,1H3,(H,23,25). The molecule has 3 aliphatic heterocycles. The van der Waals surface area contributed by atoms with Gasteiger partial charge in [-0.2, -0.15) is 0 Å². The van der Waals surface area contributed by atoms with Crippen LogP contribution in [0.15, 0.2) is 59.6 Å². The Kier molecular flexibility index (Phi) is 4.22. The van der Waals surface area contributed by atoms with Crippen molar-refractivity contribution in [3.05, 3.63) is 60.2 Å². The van der Waals surface area contributed by atoms with Crippen LogP contribution in [0.2, 0.25) is 0 Å². The Morgan fingerprint density at radius 2 is 1.67 bits per heavy atom. The van der Waals surface area contributed by atoms with Crippen LogP contribution in [0.4, 0.5) is 5.95 Å². The van der Waals surface area contributed by atoms with Gasteiger partial charge in [-0.05, 0) is 24.7 Å². The van der Waals surface area contributed by atoms with Crippen LogP contribution in [0.5, 0.6) is 0 Å². The number of rotatable bonds is 2.